The lowest BCUT2D eigenvalue weighted by Crippen LogP contribution is -1.90. The summed E-state index contributed by atoms with van der Waals surface area (Å²) >= 11 is 0. The molecule has 0 aliphatic rings. The van der Waals surface area contributed by atoms with Gasteiger partial charge in [-0.15, -0.1) is 10.2 Å². The van der Waals surface area contributed by atoms with Crippen molar-refractivity contribution in [3.63, 3.8) is 0 Å². The Morgan fingerprint density at radius 1 is 1.31 bits per heavy atom. The summed E-state index contributed by atoms with van der Waals surface area (Å²) in [5, 5.41) is 7.44. The Morgan fingerprint density at radius 3 is 2.62 bits per heavy atom. The normalized spacial score (nSPS) is 11.6. The molecule has 0 atom stereocenters. The van der Waals surface area contributed by atoms with Crippen LogP contribution in [0.4, 0.5) is 0 Å². The van der Waals surface area contributed by atoms with Gasteiger partial charge in [0.05, 0.1) is 4.90 Å². The molecule has 84 valence electrons. The van der Waals surface area contributed by atoms with Crippen LogP contribution in [0, 0.1) is 6.92 Å². The second kappa shape index (κ2) is 3.88. The molecule has 0 aliphatic heterocycles. The topological polar surface area (TPSA) is 73.1 Å². The Hall–Kier alpha value is -1.40. The third-order valence-electron chi connectivity index (χ3n) is 1.89. The van der Waals surface area contributed by atoms with E-state index in [1.807, 2.05) is 0 Å². The fourth-order valence-corrected chi connectivity index (χ4v) is 1.99. The van der Waals surface area contributed by atoms with Gasteiger partial charge in [0.25, 0.3) is 9.05 Å². The minimum atomic E-state index is -3.74. The summed E-state index contributed by atoms with van der Waals surface area (Å²) in [5.41, 5.74) is 0.516. The van der Waals surface area contributed by atoms with Gasteiger partial charge >= 0.3 is 0 Å². The van der Waals surface area contributed by atoms with Gasteiger partial charge in [-0.1, -0.05) is 6.07 Å². The molecule has 16 heavy (non-hydrogen) atoms. The molecule has 0 amide bonds. The van der Waals surface area contributed by atoms with Crippen molar-refractivity contribution in [2.75, 3.05) is 0 Å². The van der Waals surface area contributed by atoms with E-state index in [0.717, 1.165) is 0 Å². The molecule has 0 saturated carbocycles. The average molecular weight is 259 g/mol. The Labute approximate surface area is 96.5 Å². The van der Waals surface area contributed by atoms with Crippen molar-refractivity contribution in [2.45, 2.75) is 11.8 Å². The largest absolute Gasteiger partial charge is 0.421 e. The summed E-state index contributed by atoms with van der Waals surface area (Å²) in [4.78, 5) is 0.00233. The quantitative estimate of drug-likeness (QED) is 0.770. The van der Waals surface area contributed by atoms with Gasteiger partial charge in [-0.3, -0.25) is 0 Å². The summed E-state index contributed by atoms with van der Waals surface area (Å²) in [6.45, 7) is 1.65. The summed E-state index contributed by atoms with van der Waals surface area (Å²) in [7, 11) is 1.48. The van der Waals surface area contributed by atoms with Gasteiger partial charge in [0, 0.05) is 23.2 Å². The molecule has 2 aromatic rings. The monoisotopic (exact) mass is 258 g/mol. The first-order chi connectivity index (χ1) is 7.47. The highest BCUT2D eigenvalue weighted by atomic mass is 35.7. The van der Waals surface area contributed by atoms with Crippen molar-refractivity contribution >= 4 is 19.7 Å². The van der Waals surface area contributed by atoms with E-state index in [1.165, 1.54) is 12.1 Å². The number of aromatic nitrogens is 2. The van der Waals surface area contributed by atoms with Crippen molar-refractivity contribution in [1.82, 2.24) is 10.2 Å². The van der Waals surface area contributed by atoms with Crippen LogP contribution in [0.1, 0.15) is 5.89 Å². The maximum atomic E-state index is 11.1. The van der Waals surface area contributed by atoms with E-state index >= 15 is 0 Å². The molecule has 1 aromatic carbocycles. The minimum absolute atomic E-state index is 0.00233. The fourth-order valence-electron chi connectivity index (χ4n) is 1.19. The molecule has 2 rings (SSSR count). The highest BCUT2D eigenvalue weighted by Gasteiger charge is 2.13. The highest BCUT2D eigenvalue weighted by Crippen LogP contribution is 2.23. The molecule has 1 aromatic heterocycles. The van der Waals surface area contributed by atoms with Gasteiger partial charge in [0.1, 0.15) is 0 Å². The number of hydrogen-bond acceptors (Lipinski definition) is 5. The molecule has 0 N–H and O–H groups in total. The zero-order chi connectivity index (χ0) is 11.8. The molecule has 1 heterocycles. The number of hydrogen-bond donors (Lipinski definition) is 0. The van der Waals surface area contributed by atoms with Crippen LogP contribution in [-0.2, 0) is 9.05 Å². The summed E-state index contributed by atoms with van der Waals surface area (Å²) in [6, 6.07) is 6.01. The zero-order valence-corrected chi connectivity index (χ0v) is 9.79. The van der Waals surface area contributed by atoms with Crippen LogP contribution in [0.15, 0.2) is 33.6 Å². The van der Waals surface area contributed by atoms with Crippen LogP contribution >= 0.6 is 10.7 Å². The molecule has 0 bridgehead atoms. The second-order valence-corrected chi connectivity index (χ2v) is 5.66. The lowest BCUT2D eigenvalue weighted by molar-refractivity contribution is 0.532. The predicted molar refractivity (Wildman–Crippen MR) is 57.5 cm³/mol. The van der Waals surface area contributed by atoms with E-state index in [9.17, 15) is 8.42 Å². The molecule has 5 nitrogen and oxygen atoms in total. The van der Waals surface area contributed by atoms with Gasteiger partial charge < -0.3 is 4.42 Å². The number of nitrogens with zero attached hydrogens (tertiary/aromatic N) is 2. The number of benzene rings is 1. The second-order valence-electron chi connectivity index (χ2n) is 3.09. The molecule has 0 unspecified atom stereocenters. The van der Waals surface area contributed by atoms with Crippen molar-refractivity contribution < 1.29 is 12.8 Å². The molecule has 0 saturated heterocycles. The SMILES string of the molecule is Cc1nnc(-c2cccc(S(=O)(=O)Cl)c2)o1. The molecule has 0 spiro atoms. The van der Waals surface area contributed by atoms with Gasteiger partial charge in [-0.2, -0.15) is 0 Å². The van der Waals surface area contributed by atoms with Crippen LogP contribution < -0.4 is 0 Å². The first-order valence-corrected chi connectivity index (χ1v) is 6.63. The number of halogens is 1. The first-order valence-electron chi connectivity index (χ1n) is 4.32. The van der Waals surface area contributed by atoms with E-state index in [2.05, 4.69) is 10.2 Å². The van der Waals surface area contributed by atoms with Crippen molar-refractivity contribution in [1.29, 1.82) is 0 Å². The van der Waals surface area contributed by atoms with E-state index in [0.29, 0.717) is 11.5 Å². The summed E-state index contributed by atoms with van der Waals surface area (Å²) < 4.78 is 27.4. The van der Waals surface area contributed by atoms with Crippen LogP contribution in [0.25, 0.3) is 11.5 Å². The van der Waals surface area contributed by atoms with E-state index < -0.39 is 9.05 Å². The molecule has 7 heteroatoms. The molecular formula is C9H7ClN2O3S. The predicted octanol–water partition coefficient (Wildman–Crippen LogP) is 1.97. The number of aryl methyl sites for hydroxylation is 1. The van der Waals surface area contributed by atoms with Crippen molar-refractivity contribution in [3.05, 3.63) is 30.2 Å². The van der Waals surface area contributed by atoms with Gasteiger partial charge in [0.15, 0.2) is 0 Å². The Bertz CT molecular complexity index is 621. The highest BCUT2D eigenvalue weighted by molar-refractivity contribution is 8.13. The van der Waals surface area contributed by atoms with Crippen LogP contribution in [0.2, 0.25) is 0 Å². The maximum Gasteiger partial charge on any atom is 0.261 e. The van der Waals surface area contributed by atoms with Crippen molar-refractivity contribution in [3.8, 4) is 11.5 Å². The molecule has 0 aliphatic carbocycles. The standard InChI is InChI=1S/C9H7ClN2O3S/c1-6-11-12-9(15-6)7-3-2-4-8(5-7)16(10,13)14/h2-5H,1H3. The molecule has 0 radical (unpaired) electrons. The summed E-state index contributed by atoms with van der Waals surface area (Å²) in [6.07, 6.45) is 0. The van der Waals surface area contributed by atoms with Crippen LogP contribution in [0.5, 0.6) is 0 Å². The average Bonchev–Trinajstić information content (AvgIpc) is 2.64. The molecule has 0 fully saturated rings. The first kappa shape index (κ1) is 11.1. The van der Waals surface area contributed by atoms with E-state index in [4.69, 9.17) is 15.1 Å². The van der Waals surface area contributed by atoms with E-state index in [-0.39, 0.29) is 10.8 Å². The van der Waals surface area contributed by atoms with Gasteiger partial charge in [-0.05, 0) is 18.2 Å². The molecular weight excluding hydrogens is 252 g/mol. The maximum absolute atomic E-state index is 11.1. The van der Waals surface area contributed by atoms with Crippen molar-refractivity contribution in [2.24, 2.45) is 0 Å². The lowest BCUT2D eigenvalue weighted by atomic mass is 10.2. The van der Waals surface area contributed by atoms with Gasteiger partial charge in [0.2, 0.25) is 11.8 Å². The van der Waals surface area contributed by atoms with Gasteiger partial charge in [-0.25, -0.2) is 8.42 Å². The van der Waals surface area contributed by atoms with Crippen LogP contribution in [-0.4, -0.2) is 18.6 Å². The van der Waals surface area contributed by atoms with E-state index in [1.54, 1.807) is 19.1 Å². The smallest absolute Gasteiger partial charge is 0.261 e. The third kappa shape index (κ3) is 2.23. The van der Waals surface area contributed by atoms with Crippen LogP contribution in [0.3, 0.4) is 0 Å². The number of rotatable bonds is 2. The summed E-state index contributed by atoms with van der Waals surface area (Å²) in [5.74, 6) is 0.675. The lowest BCUT2D eigenvalue weighted by Gasteiger charge is -1.98. The third-order valence-corrected chi connectivity index (χ3v) is 3.24. The Morgan fingerprint density at radius 2 is 2.06 bits per heavy atom. The minimum Gasteiger partial charge on any atom is -0.421 e. The zero-order valence-electron chi connectivity index (χ0n) is 8.21. The fraction of sp³-hybridized carbons (Fsp3) is 0.111. The Kier molecular flexibility index (Phi) is 2.69. The Balaban J connectivity index is 2.52.